The predicted molar refractivity (Wildman–Crippen MR) is 77.0 cm³/mol. The number of nitrogens with zero attached hydrogens (tertiary/aromatic N) is 3. The zero-order chi connectivity index (χ0) is 15.4. The first kappa shape index (κ1) is 15.2. The van der Waals surface area contributed by atoms with Gasteiger partial charge < -0.3 is 14.2 Å². The van der Waals surface area contributed by atoms with Crippen LogP contribution in [0.3, 0.4) is 0 Å². The van der Waals surface area contributed by atoms with Crippen LogP contribution in [0.15, 0.2) is 21.6 Å². The molecule has 1 N–H and O–H groups in total. The van der Waals surface area contributed by atoms with Crippen LogP contribution in [0, 0.1) is 6.92 Å². The number of aromatic nitrogens is 3. The molecule has 0 aliphatic rings. The maximum atomic E-state index is 11.8. The summed E-state index contributed by atoms with van der Waals surface area (Å²) in [5.41, 5.74) is 0.681. The first-order valence-corrected chi connectivity index (χ1v) is 6.78. The van der Waals surface area contributed by atoms with Crippen LogP contribution in [0.4, 0.5) is 0 Å². The second-order valence-corrected chi connectivity index (χ2v) is 5.12. The minimum Gasteiger partial charge on any atom is -0.491 e. The molecule has 2 rings (SSSR count). The first-order valence-electron chi connectivity index (χ1n) is 6.78. The van der Waals surface area contributed by atoms with Crippen molar-refractivity contribution in [1.29, 1.82) is 0 Å². The molecule has 0 aliphatic heterocycles. The number of aromatic amines is 1. The summed E-state index contributed by atoms with van der Waals surface area (Å²) < 4.78 is 9.94. The second-order valence-electron chi connectivity index (χ2n) is 5.12. The Morgan fingerprint density at radius 3 is 2.71 bits per heavy atom. The van der Waals surface area contributed by atoms with E-state index >= 15 is 0 Å². The quantitative estimate of drug-likeness (QED) is 0.868. The van der Waals surface area contributed by atoms with Crippen LogP contribution in [0.2, 0.25) is 0 Å². The van der Waals surface area contributed by atoms with Gasteiger partial charge >= 0.3 is 0 Å². The van der Waals surface area contributed by atoms with Crippen molar-refractivity contribution >= 4 is 0 Å². The van der Waals surface area contributed by atoms with Crippen molar-refractivity contribution in [2.75, 3.05) is 7.11 Å². The highest BCUT2D eigenvalue weighted by Gasteiger charge is 2.15. The fraction of sp³-hybridized carbons (Fsp3) is 0.500. The Kier molecular flexibility index (Phi) is 4.74. The van der Waals surface area contributed by atoms with Crippen LogP contribution in [-0.2, 0) is 13.1 Å². The molecule has 0 atom stereocenters. The van der Waals surface area contributed by atoms with E-state index in [9.17, 15) is 4.79 Å². The number of ether oxygens (including phenoxy) is 1. The SMILES string of the molecule is COc1c[nH]c(CN(Cc2noc(C)n2)C(C)C)cc1=O. The molecule has 0 aliphatic carbocycles. The average molecular weight is 292 g/mol. The molecule has 0 aromatic carbocycles. The van der Waals surface area contributed by atoms with Gasteiger partial charge in [0.1, 0.15) is 0 Å². The average Bonchev–Trinajstić information content (AvgIpc) is 2.83. The van der Waals surface area contributed by atoms with Crippen molar-refractivity contribution in [3.8, 4) is 5.75 Å². The molecular formula is C14H20N4O3. The number of nitrogens with one attached hydrogen (secondary N) is 1. The van der Waals surface area contributed by atoms with Gasteiger partial charge in [-0.2, -0.15) is 4.98 Å². The van der Waals surface area contributed by atoms with Gasteiger partial charge in [-0.25, -0.2) is 0 Å². The van der Waals surface area contributed by atoms with E-state index in [2.05, 4.69) is 33.9 Å². The summed E-state index contributed by atoms with van der Waals surface area (Å²) in [5.74, 6) is 1.49. The second kappa shape index (κ2) is 6.53. The van der Waals surface area contributed by atoms with Crippen LogP contribution in [0.1, 0.15) is 31.3 Å². The minimum atomic E-state index is -0.134. The number of methoxy groups -OCH3 is 1. The lowest BCUT2D eigenvalue weighted by atomic mass is 10.2. The van der Waals surface area contributed by atoms with E-state index in [-0.39, 0.29) is 11.5 Å². The van der Waals surface area contributed by atoms with E-state index in [0.717, 1.165) is 5.69 Å². The third-order valence-corrected chi connectivity index (χ3v) is 3.17. The van der Waals surface area contributed by atoms with Gasteiger partial charge in [-0.3, -0.25) is 9.69 Å². The topological polar surface area (TPSA) is 84.2 Å². The van der Waals surface area contributed by atoms with E-state index in [1.54, 1.807) is 19.2 Å². The molecular weight excluding hydrogens is 272 g/mol. The summed E-state index contributed by atoms with van der Waals surface area (Å²) in [6.07, 6.45) is 1.58. The maximum absolute atomic E-state index is 11.8. The van der Waals surface area contributed by atoms with E-state index in [1.165, 1.54) is 7.11 Å². The van der Waals surface area contributed by atoms with Gasteiger partial charge in [0, 0.05) is 37.5 Å². The highest BCUT2D eigenvalue weighted by Crippen LogP contribution is 2.11. The van der Waals surface area contributed by atoms with Gasteiger partial charge in [-0.1, -0.05) is 5.16 Å². The van der Waals surface area contributed by atoms with Crippen molar-refractivity contribution < 1.29 is 9.26 Å². The molecule has 0 radical (unpaired) electrons. The molecule has 0 fully saturated rings. The van der Waals surface area contributed by atoms with Gasteiger partial charge in [-0.05, 0) is 13.8 Å². The Labute approximate surface area is 122 Å². The maximum Gasteiger partial charge on any atom is 0.223 e. The Hall–Kier alpha value is -2.15. The number of hydrogen-bond donors (Lipinski definition) is 1. The Morgan fingerprint density at radius 2 is 2.19 bits per heavy atom. The van der Waals surface area contributed by atoms with Crippen LogP contribution in [0.25, 0.3) is 0 Å². The number of aryl methyl sites for hydroxylation is 1. The zero-order valence-corrected chi connectivity index (χ0v) is 12.7. The highest BCUT2D eigenvalue weighted by molar-refractivity contribution is 5.20. The molecule has 114 valence electrons. The molecule has 0 saturated carbocycles. The summed E-state index contributed by atoms with van der Waals surface area (Å²) in [5, 5.41) is 3.90. The van der Waals surface area contributed by atoms with Crippen molar-refractivity contribution in [2.45, 2.75) is 39.9 Å². The van der Waals surface area contributed by atoms with E-state index in [0.29, 0.717) is 30.6 Å². The predicted octanol–water partition coefficient (Wildman–Crippen LogP) is 1.49. The molecule has 0 amide bonds. The molecule has 0 saturated heterocycles. The smallest absolute Gasteiger partial charge is 0.223 e. The lowest BCUT2D eigenvalue weighted by Crippen LogP contribution is -2.31. The molecule has 0 spiro atoms. The standard InChI is InChI=1S/C14H20N4O3/c1-9(2)18(8-14-16-10(3)21-17-14)7-11-5-12(19)13(20-4)6-15-11/h5-6,9H,7-8H2,1-4H3,(H,15,19). The monoisotopic (exact) mass is 292 g/mol. The fourth-order valence-corrected chi connectivity index (χ4v) is 1.98. The van der Waals surface area contributed by atoms with Crippen molar-refractivity contribution in [3.05, 3.63) is 39.9 Å². The minimum absolute atomic E-state index is 0.134. The van der Waals surface area contributed by atoms with Gasteiger partial charge in [-0.15, -0.1) is 0 Å². The highest BCUT2D eigenvalue weighted by atomic mass is 16.5. The van der Waals surface area contributed by atoms with Crippen molar-refractivity contribution in [3.63, 3.8) is 0 Å². The summed E-state index contributed by atoms with van der Waals surface area (Å²) in [7, 11) is 1.48. The van der Waals surface area contributed by atoms with Crippen LogP contribution >= 0.6 is 0 Å². The van der Waals surface area contributed by atoms with Crippen LogP contribution in [0.5, 0.6) is 5.75 Å². The number of hydrogen-bond acceptors (Lipinski definition) is 6. The normalized spacial score (nSPS) is 11.3. The fourth-order valence-electron chi connectivity index (χ4n) is 1.98. The molecule has 0 bridgehead atoms. The van der Waals surface area contributed by atoms with Gasteiger partial charge in [0.05, 0.1) is 13.7 Å². The van der Waals surface area contributed by atoms with Crippen LogP contribution in [-0.4, -0.2) is 33.2 Å². The largest absolute Gasteiger partial charge is 0.491 e. The Morgan fingerprint density at radius 1 is 1.43 bits per heavy atom. The van der Waals surface area contributed by atoms with Gasteiger partial charge in [0.25, 0.3) is 0 Å². The van der Waals surface area contributed by atoms with Crippen molar-refractivity contribution in [2.24, 2.45) is 0 Å². The van der Waals surface area contributed by atoms with Crippen molar-refractivity contribution in [1.82, 2.24) is 20.0 Å². The van der Waals surface area contributed by atoms with Gasteiger partial charge in [0.15, 0.2) is 11.6 Å². The zero-order valence-electron chi connectivity index (χ0n) is 12.7. The van der Waals surface area contributed by atoms with Crippen LogP contribution < -0.4 is 10.2 Å². The summed E-state index contributed by atoms with van der Waals surface area (Å²) in [6.45, 7) is 7.06. The van der Waals surface area contributed by atoms with E-state index in [1.807, 2.05) is 0 Å². The molecule has 2 aromatic rings. The Balaban J connectivity index is 2.12. The third-order valence-electron chi connectivity index (χ3n) is 3.17. The van der Waals surface area contributed by atoms with E-state index in [4.69, 9.17) is 9.26 Å². The summed E-state index contributed by atoms with van der Waals surface area (Å²) in [6, 6.07) is 1.82. The lowest BCUT2D eigenvalue weighted by Gasteiger charge is -2.24. The molecule has 7 heteroatoms. The Bertz CT molecular complexity index is 648. The molecule has 2 aromatic heterocycles. The third kappa shape index (κ3) is 3.91. The number of rotatable bonds is 6. The molecule has 21 heavy (non-hydrogen) atoms. The molecule has 2 heterocycles. The molecule has 7 nitrogen and oxygen atoms in total. The number of H-pyrrole nitrogens is 1. The number of pyridine rings is 1. The molecule has 0 unspecified atom stereocenters. The van der Waals surface area contributed by atoms with E-state index < -0.39 is 0 Å². The van der Waals surface area contributed by atoms with Gasteiger partial charge in [0.2, 0.25) is 11.3 Å². The summed E-state index contributed by atoms with van der Waals surface area (Å²) >= 11 is 0. The lowest BCUT2D eigenvalue weighted by molar-refractivity contribution is 0.193. The first-order chi connectivity index (χ1) is 9.99. The summed E-state index contributed by atoms with van der Waals surface area (Å²) in [4.78, 5) is 21.2.